The second-order valence-electron chi connectivity index (χ2n) is 5.32. The summed E-state index contributed by atoms with van der Waals surface area (Å²) in [5.41, 5.74) is 9.32. The highest BCUT2D eigenvalue weighted by atomic mass is 16.5. The first-order chi connectivity index (χ1) is 10.2. The van der Waals surface area contributed by atoms with Crippen molar-refractivity contribution >= 4 is 10.9 Å². The molecule has 0 aliphatic rings. The summed E-state index contributed by atoms with van der Waals surface area (Å²) in [5.74, 6) is 1.74. The van der Waals surface area contributed by atoms with Crippen molar-refractivity contribution in [3.63, 3.8) is 0 Å². The maximum Gasteiger partial charge on any atom is 0.204 e. The topological polar surface area (TPSA) is 40.2 Å². The van der Waals surface area contributed by atoms with Crippen molar-refractivity contribution in [2.75, 3.05) is 6.54 Å². The number of aromatic nitrogens is 1. The molecule has 0 saturated heterocycles. The molecule has 2 N–H and O–H groups in total. The second kappa shape index (κ2) is 5.62. The van der Waals surface area contributed by atoms with Gasteiger partial charge in [-0.3, -0.25) is 0 Å². The predicted octanol–water partition coefficient (Wildman–Crippen LogP) is 3.78. The summed E-state index contributed by atoms with van der Waals surface area (Å²) >= 11 is 0. The van der Waals surface area contributed by atoms with E-state index in [9.17, 15) is 0 Å². The van der Waals surface area contributed by atoms with Crippen LogP contribution in [-0.2, 0) is 13.5 Å². The monoisotopic (exact) mass is 280 g/mol. The Bertz CT molecular complexity index is 774. The van der Waals surface area contributed by atoms with Crippen LogP contribution in [0.4, 0.5) is 0 Å². The van der Waals surface area contributed by atoms with Crippen LogP contribution in [0.15, 0.2) is 48.5 Å². The number of nitrogens with zero attached hydrogens (tertiary/aromatic N) is 1. The smallest absolute Gasteiger partial charge is 0.204 e. The normalized spacial score (nSPS) is 11.0. The number of hydrogen-bond acceptors (Lipinski definition) is 2. The number of aryl methyl sites for hydroxylation is 2. The molecule has 0 radical (unpaired) electrons. The zero-order chi connectivity index (χ0) is 14.8. The molecule has 21 heavy (non-hydrogen) atoms. The van der Waals surface area contributed by atoms with Gasteiger partial charge in [-0.1, -0.05) is 30.3 Å². The molecule has 3 heteroatoms. The van der Waals surface area contributed by atoms with E-state index in [1.165, 1.54) is 22.0 Å². The first-order valence-corrected chi connectivity index (χ1v) is 7.21. The zero-order valence-electron chi connectivity index (χ0n) is 12.5. The van der Waals surface area contributed by atoms with E-state index in [-0.39, 0.29) is 0 Å². The van der Waals surface area contributed by atoms with Gasteiger partial charge in [-0.15, -0.1) is 0 Å². The summed E-state index contributed by atoms with van der Waals surface area (Å²) in [7, 11) is 2.04. The van der Waals surface area contributed by atoms with Crippen LogP contribution in [-0.4, -0.2) is 11.1 Å². The Kier molecular flexibility index (Phi) is 3.67. The molecule has 108 valence electrons. The Morgan fingerprint density at radius 1 is 1.10 bits per heavy atom. The number of fused-ring (bicyclic) bond motifs is 1. The Morgan fingerprint density at radius 2 is 1.90 bits per heavy atom. The number of para-hydroxylation sites is 1. The quantitative estimate of drug-likeness (QED) is 0.790. The Balaban J connectivity index is 2.12. The fraction of sp³-hybridized carbons (Fsp3) is 0.222. The highest BCUT2D eigenvalue weighted by Crippen LogP contribution is 2.34. The summed E-state index contributed by atoms with van der Waals surface area (Å²) in [6.07, 6.45) is 0.808. The number of rotatable bonds is 4. The maximum atomic E-state index is 6.17. The van der Waals surface area contributed by atoms with Crippen LogP contribution in [0, 0.1) is 6.92 Å². The summed E-state index contributed by atoms with van der Waals surface area (Å²) < 4.78 is 8.27. The van der Waals surface area contributed by atoms with E-state index in [4.69, 9.17) is 10.5 Å². The number of ether oxygens (including phenoxy) is 1. The SMILES string of the molecule is Cc1cccc(Oc2c(CCN)c3ccccc3n2C)c1. The first-order valence-electron chi connectivity index (χ1n) is 7.21. The number of hydrogen-bond donors (Lipinski definition) is 1. The van der Waals surface area contributed by atoms with Gasteiger partial charge in [0.1, 0.15) is 5.75 Å². The number of nitrogens with two attached hydrogens (primary N) is 1. The predicted molar refractivity (Wildman–Crippen MR) is 86.9 cm³/mol. The molecule has 2 aromatic carbocycles. The van der Waals surface area contributed by atoms with Crippen LogP contribution in [0.3, 0.4) is 0 Å². The molecule has 0 aliphatic carbocycles. The van der Waals surface area contributed by atoms with Gasteiger partial charge >= 0.3 is 0 Å². The molecule has 0 bridgehead atoms. The molecule has 0 fully saturated rings. The summed E-state index contributed by atoms with van der Waals surface area (Å²) in [4.78, 5) is 0. The van der Waals surface area contributed by atoms with Crippen LogP contribution in [0.2, 0.25) is 0 Å². The van der Waals surface area contributed by atoms with Crippen LogP contribution in [0.1, 0.15) is 11.1 Å². The first kappa shape index (κ1) is 13.7. The molecule has 3 aromatic rings. The maximum absolute atomic E-state index is 6.17. The third-order valence-corrected chi connectivity index (χ3v) is 3.75. The van der Waals surface area contributed by atoms with E-state index in [2.05, 4.69) is 35.8 Å². The van der Waals surface area contributed by atoms with Crippen molar-refractivity contribution in [1.82, 2.24) is 4.57 Å². The second-order valence-corrected chi connectivity index (χ2v) is 5.32. The third kappa shape index (κ3) is 2.52. The minimum Gasteiger partial charge on any atom is -0.441 e. The van der Waals surface area contributed by atoms with Gasteiger partial charge in [-0.2, -0.15) is 0 Å². The van der Waals surface area contributed by atoms with Gasteiger partial charge < -0.3 is 15.0 Å². The summed E-state index contributed by atoms with van der Waals surface area (Å²) in [6, 6.07) is 16.4. The van der Waals surface area contributed by atoms with Gasteiger partial charge in [-0.05, 0) is 43.7 Å². The van der Waals surface area contributed by atoms with E-state index in [1.807, 2.05) is 31.3 Å². The average Bonchev–Trinajstić information content (AvgIpc) is 2.74. The summed E-state index contributed by atoms with van der Waals surface area (Å²) in [6.45, 7) is 2.67. The Hall–Kier alpha value is -2.26. The van der Waals surface area contributed by atoms with Crippen LogP contribution < -0.4 is 10.5 Å². The van der Waals surface area contributed by atoms with Crippen LogP contribution >= 0.6 is 0 Å². The Morgan fingerprint density at radius 3 is 2.67 bits per heavy atom. The van der Waals surface area contributed by atoms with E-state index < -0.39 is 0 Å². The van der Waals surface area contributed by atoms with Gasteiger partial charge in [0.15, 0.2) is 0 Å². The molecule has 3 nitrogen and oxygen atoms in total. The van der Waals surface area contributed by atoms with Gasteiger partial charge in [0, 0.05) is 18.0 Å². The Labute approximate surface area is 125 Å². The van der Waals surface area contributed by atoms with Crippen molar-refractivity contribution in [3.8, 4) is 11.6 Å². The van der Waals surface area contributed by atoms with Gasteiger partial charge in [0.25, 0.3) is 0 Å². The highest BCUT2D eigenvalue weighted by molar-refractivity contribution is 5.87. The lowest BCUT2D eigenvalue weighted by Gasteiger charge is -2.10. The number of benzene rings is 2. The molecule has 1 aromatic heterocycles. The van der Waals surface area contributed by atoms with Crippen molar-refractivity contribution in [2.24, 2.45) is 12.8 Å². The van der Waals surface area contributed by atoms with Crippen LogP contribution in [0.25, 0.3) is 10.9 Å². The third-order valence-electron chi connectivity index (χ3n) is 3.75. The van der Waals surface area contributed by atoms with Gasteiger partial charge in [0.2, 0.25) is 5.88 Å². The van der Waals surface area contributed by atoms with E-state index in [0.29, 0.717) is 6.54 Å². The molecule has 0 saturated carbocycles. The lowest BCUT2D eigenvalue weighted by atomic mass is 10.1. The highest BCUT2D eigenvalue weighted by Gasteiger charge is 2.16. The minimum atomic E-state index is 0.609. The molecule has 3 rings (SSSR count). The van der Waals surface area contributed by atoms with Crippen molar-refractivity contribution in [1.29, 1.82) is 0 Å². The molecule has 0 unspecified atom stereocenters. The van der Waals surface area contributed by atoms with Gasteiger partial charge in [-0.25, -0.2) is 0 Å². The lowest BCUT2D eigenvalue weighted by molar-refractivity contribution is 0.440. The molecule has 0 aliphatic heterocycles. The van der Waals surface area contributed by atoms with E-state index in [1.54, 1.807) is 0 Å². The average molecular weight is 280 g/mol. The lowest BCUT2D eigenvalue weighted by Crippen LogP contribution is -2.04. The standard InChI is InChI=1S/C18H20N2O/c1-13-6-5-7-14(12-13)21-18-16(10-11-19)15-8-3-4-9-17(15)20(18)2/h3-9,12H,10-11,19H2,1-2H3. The molecule has 0 spiro atoms. The minimum absolute atomic E-state index is 0.609. The molecule has 0 atom stereocenters. The molecule has 1 heterocycles. The molecule has 0 amide bonds. The van der Waals surface area contributed by atoms with Crippen LogP contribution in [0.5, 0.6) is 11.6 Å². The van der Waals surface area contributed by atoms with Crippen molar-refractivity contribution in [3.05, 3.63) is 59.7 Å². The largest absolute Gasteiger partial charge is 0.441 e. The van der Waals surface area contributed by atoms with E-state index >= 15 is 0 Å². The molecular weight excluding hydrogens is 260 g/mol. The van der Waals surface area contributed by atoms with Crippen molar-refractivity contribution in [2.45, 2.75) is 13.3 Å². The molecular formula is C18H20N2O. The fourth-order valence-corrected chi connectivity index (χ4v) is 2.75. The van der Waals surface area contributed by atoms with Gasteiger partial charge in [0.05, 0.1) is 5.52 Å². The zero-order valence-corrected chi connectivity index (χ0v) is 12.5. The summed E-state index contributed by atoms with van der Waals surface area (Å²) in [5, 5.41) is 1.22. The van der Waals surface area contributed by atoms with Crippen molar-refractivity contribution < 1.29 is 4.74 Å². The fourth-order valence-electron chi connectivity index (χ4n) is 2.75. The van der Waals surface area contributed by atoms with E-state index in [0.717, 1.165) is 18.1 Å².